The molecule has 1 saturated carbocycles. The highest BCUT2D eigenvalue weighted by Gasteiger charge is 2.74. The van der Waals surface area contributed by atoms with Gasteiger partial charge in [0.05, 0.1) is 24.7 Å². The number of aliphatic hydroxyl groups excluding tert-OH is 2. The third kappa shape index (κ3) is 3.59. The number of rotatable bonds is 3. The van der Waals surface area contributed by atoms with Crippen LogP contribution < -0.4 is 0 Å². The number of carbonyl (C=O) groups excluding carboxylic acids is 3. The first-order valence-electron chi connectivity index (χ1n) is 11.5. The third-order valence-electron chi connectivity index (χ3n) is 8.07. The number of epoxide rings is 1. The summed E-state index contributed by atoms with van der Waals surface area (Å²) < 4.78 is 22.7. The van der Waals surface area contributed by atoms with Crippen molar-refractivity contribution in [3.8, 4) is 0 Å². The van der Waals surface area contributed by atoms with Crippen LogP contribution in [0.25, 0.3) is 0 Å². The van der Waals surface area contributed by atoms with E-state index in [9.17, 15) is 29.7 Å². The van der Waals surface area contributed by atoms with Crippen LogP contribution in [-0.4, -0.2) is 82.1 Å². The van der Waals surface area contributed by atoms with Gasteiger partial charge in [-0.3, -0.25) is 14.4 Å². The molecule has 2 heterocycles. The Bertz CT molecular complexity index is 942. The Hall–Kier alpha value is -2.27. The maximum Gasteiger partial charge on any atom is 0.312 e. The second kappa shape index (κ2) is 8.44. The zero-order chi connectivity index (χ0) is 25.2. The lowest BCUT2D eigenvalue weighted by atomic mass is 9.54. The van der Waals surface area contributed by atoms with Gasteiger partial charge in [0, 0.05) is 31.1 Å². The van der Waals surface area contributed by atoms with E-state index in [1.54, 1.807) is 13.8 Å². The van der Waals surface area contributed by atoms with E-state index in [0.717, 1.165) is 0 Å². The first-order valence-corrected chi connectivity index (χ1v) is 11.5. The molecule has 3 fully saturated rings. The molecule has 0 amide bonds. The highest BCUT2D eigenvalue weighted by Crippen LogP contribution is 2.61. The topological polar surface area (TPSA) is 152 Å². The fraction of sp³-hybridized carbons (Fsp3) is 0.708. The summed E-state index contributed by atoms with van der Waals surface area (Å²) in [6.07, 6.45) is -1.07. The summed E-state index contributed by atoms with van der Waals surface area (Å²) in [7, 11) is 0. The van der Waals surface area contributed by atoms with Crippen LogP contribution in [0.2, 0.25) is 0 Å². The lowest BCUT2D eigenvalue weighted by Gasteiger charge is -2.53. The van der Waals surface area contributed by atoms with Crippen molar-refractivity contribution in [2.45, 2.75) is 76.8 Å². The molecule has 4 rings (SSSR count). The predicted molar refractivity (Wildman–Crippen MR) is 115 cm³/mol. The molecular weight excluding hydrogens is 448 g/mol. The number of fused-ring (bicyclic) bond motifs is 4. The number of ether oxygens (including phenoxy) is 4. The van der Waals surface area contributed by atoms with Crippen LogP contribution in [0.15, 0.2) is 23.8 Å². The molecule has 2 saturated heterocycles. The average Bonchev–Trinajstić information content (AvgIpc) is 3.53. The van der Waals surface area contributed by atoms with E-state index in [-0.39, 0.29) is 0 Å². The van der Waals surface area contributed by atoms with Gasteiger partial charge in [0.2, 0.25) is 0 Å². The molecule has 2 aliphatic heterocycles. The lowest BCUT2D eigenvalue weighted by Crippen LogP contribution is -2.66. The van der Waals surface area contributed by atoms with Crippen LogP contribution in [-0.2, 0) is 33.3 Å². The van der Waals surface area contributed by atoms with Gasteiger partial charge >= 0.3 is 17.9 Å². The normalized spacial score (nSPS) is 49.8. The predicted octanol–water partition coefficient (Wildman–Crippen LogP) is 0.0314. The molecule has 0 radical (unpaired) electrons. The molecule has 0 aromatic rings. The van der Waals surface area contributed by atoms with Crippen molar-refractivity contribution in [1.29, 1.82) is 0 Å². The van der Waals surface area contributed by atoms with E-state index in [2.05, 4.69) is 0 Å². The Kier molecular flexibility index (Phi) is 6.17. The van der Waals surface area contributed by atoms with Crippen molar-refractivity contribution in [3.05, 3.63) is 23.8 Å². The van der Waals surface area contributed by atoms with Crippen LogP contribution in [0.4, 0.5) is 0 Å². The first-order chi connectivity index (χ1) is 15.9. The summed E-state index contributed by atoms with van der Waals surface area (Å²) in [5.74, 6) is -4.35. The van der Waals surface area contributed by atoms with Crippen LogP contribution in [0.5, 0.6) is 0 Å². The third-order valence-corrected chi connectivity index (χ3v) is 8.07. The number of hydrogen-bond donors (Lipinski definition) is 3. The van der Waals surface area contributed by atoms with E-state index in [4.69, 9.17) is 18.9 Å². The second-order valence-electron chi connectivity index (χ2n) is 10.0. The van der Waals surface area contributed by atoms with Gasteiger partial charge in [0.1, 0.15) is 18.3 Å². The maximum absolute atomic E-state index is 12.7. The maximum atomic E-state index is 12.7. The smallest absolute Gasteiger partial charge is 0.312 e. The first kappa shape index (κ1) is 24.8. The Morgan fingerprint density at radius 2 is 1.82 bits per heavy atom. The molecule has 3 N–H and O–H groups in total. The van der Waals surface area contributed by atoms with Crippen LogP contribution in [0, 0.1) is 23.2 Å². The van der Waals surface area contributed by atoms with Gasteiger partial charge in [-0.1, -0.05) is 26.0 Å². The summed E-state index contributed by atoms with van der Waals surface area (Å²) in [6.45, 7) is 7.06. The summed E-state index contributed by atoms with van der Waals surface area (Å²) >= 11 is 0. The van der Waals surface area contributed by atoms with Crippen molar-refractivity contribution in [2.24, 2.45) is 23.2 Å². The molecule has 10 nitrogen and oxygen atoms in total. The minimum atomic E-state index is -2.03. The molecule has 2 aliphatic carbocycles. The summed E-state index contributed by atoms with van der Waals surface area (Å²) in [6, 6.07) is 0. The van der Waals surface area contributed by atoms with Crippen molar-refractivity contribution in [2.75, 3.05) is 6.61 Å². The van der Waals surface area contributed by atoms with E-state index in [1.807, 2.05) is 0 Å². The molecule has 0 bridgehead atoms. The highest BCUT2D eigenvalue weighted by molar-refractivity contribution is 5.77. The van der Waals surface area contributed by atoms with Crippen LogP contribution in [0.1, 0.15) is 34.6 Å². The number of esters is 3. The molecule has 0 aromatic heterocycles. The minimum absolute atomic E-state index is 0.308. The number of aliphatic hydroxyl groups is 3. The van der Waals surface area contributed by atoms with Gasteiger partial charge in [-0.05, 0) is 18.6 Å². The highest BCUT2D eigenvalue weighted by atomic mass is 16.6. The largest absolute Gasteiger partial charge is 0.459 e. The number of carbonyl (C=O) groups is 3. The SMILES string of the molecule is CC(=O)O[C@@H]1[C@H](C)[C@@H]2[C@H](OC(C)=O)[C@]3(O)[C@H](/C=C(CO)/C=C/[C@H](O)[C@@]2(C)[C@H]2O[C@@H]12)OC(=O)[C@@H]3C. The zero-order valence-electron chi connectivity index (χ0n) is 19.8. The van der Waals surface area contributed by atoms with Gasteiger partial charge in [0.25, 0.3) is 0 Å². The minimum Gasteiger partial charge on any atom is -0.459 e. The fourth-order valence-electron chi connectivity index (χ4n) is 6.21. The zero-order valence-corrected chi connectivity index (χ0v) is 19.8. The quantitative estimate of drug-likeness (QED) is 0.287. The lowest BCUT2D eigenvalue weighted by molar-refractivity contribution is -0.216. The van der Waals surface area contributed by atoms with Crippen LogP contribution >= 0.6 is 0 Å². The van der Waals surface area contributed by atoms with Crippen molar-refractivity contribution in [1.82, 2.24) is 0 Å². The summed E-state index contributed by atoms with van der Waals surface area (Å²) in [5, 5.41) is 33.3. The van der Waals surface area contributed by atoms with Gasteiger partial charge in [-0.2, -0.15) is 0 Å². The Balaban J connectivity index is 1.95. The van der Waals surface area contributed by atoms with Gasteiger partial charge < -0.3 is 34.3 Å². The standard InChI is InChI=1S/C24H32O10/c1-10-17-20(32-13(4)27)24(30)11(2)22(29)33-16(24)8-14(9-25)6-7-15(28)23(17,5)21-19(34-21)18(10)31-12(3)26/h6-8,10-11,15-21,25,28,30H,9H2,1-5H3/b7-6+,14-8-/t10-,11+,15+,16+,17-,18-,19+,20+,21+,23-,24-/m1/s1. The molecule has 0 spiro atoms. The van der Waals surface area contributed by atoms with E-state index in [0.29, 0.717) is 5.57 Å². The molecule has 10 heteroatoms. The molecule has 188 valence electrons. The Morgan fingerprint density at radius 3 is 2.41 bits per heavy atom. The summed E-state index contributed by atoms with van der Waals surface area (Å²) in [4.78, 5) is 36.8. The summed E-state index contributed by atoms with van der Waals surface area (Å²) in [5.41, 5.74) is -2.83. The number of hydrogen-bond acceptors (Lipinski definition) is 10. The second-order valence-corrected chi connectivity index (χ2v) is 10.0. The molecule has 0 unspecified atom stereocenters. The van der Waals surface area contributed by atoms with Crippen LogP contribution in [0.3, 0.4) is 0 Å². The van der Waals surface area contributed by atoms with Gasteiger partial charge in [-0.25, -0.2) is 0 Å². The van der Waals surface area contributed by atoms with Crippen molar-refractivity contribution < 1.29 is 48.7 Å². The fourth-order valence-corrected chi connectivity index (χ4v) is 6.21. The van der Waals surface area contributed by atoms with E-state index in [1.165, 1.54) is 39.0 Å². The van der Waals surface area contributed by atoms with E-state index < -0.39 is 89.9 Å². The molecule has 0 aromatic carbocycles. The molecular formula is C24H32O10. The molecule has 11 atom stereocenters. The van der Waals surface area contributed by atoms with Crippen molar-refractivity contribution >= 4 is 17.9 Å². The van der Waals surface area contributed by atoms with E-state index >= 15 is 0 Å². The Labute approximate surface area is 197 Å². The average molecular weight is 481 g/mol. The molecule has 4 aliphatic rings. The van der Waals surface area contributed by atoms with Crippen molar-refractivity contribution in [3.63, 3.8) is 0 Å². The van der Waals surface area contributed by atoms with Gasteiger partial charge in [0.15, 0.2) is 11.7 Å². The van der Waals surface area contributed by atoms with Gasteiger partial charge in [-0.15, -0.1) is 0 Å². The molecule has 34 heavy (non-hydrogen) atoms. The monoisotopic (exact) mass is 480 g/mol. The Morgan fingerprint density at radius 1 is 1.18 bits per heavy atom.